The van der Waals surface area contributed by atoms with Gasteiger partial charge in [-0.3, -0.25) is 0 Å². The van der Waals surface area contributed by atoms with E-state index in [2.05, 4.69) is 37.7 Å². The molecule has 0 aliphatic carbocycles. The number of piperidine rings is 1. The quantitative estimate of drug-likeness (QED) is 0.796. The van der Waals surface area contributed by atoms with Crippen LogP contribution in [-0.2, 0) is 0 Å². The molecule has 1 aliphatic rings. The van der Waals surface area contributed by atoms with Crippen molar-refractivity contribution in [2.75, 3.05) is 25.1 Å². The SMILES string of the molecule is COc1ncc(Cl)c(N2CCC(C(C)Br)CC2)n1. The third-order valence-corrected chi connectivity index (χ3v) is 4.39. The second-order valence-corrected chi connectivity index (χ2v) is 6.38. The van der Waals surface area contributed by atoms with E-state index in [4.69, 9.17) is 16.3 Å². The van der Waals surface area contributed by atoms with Gasteiger partial charge in [0.05, 0.1) is 13.3 Å². The number of nitrogens with zero attached hydrogens (tertiary/aromatic N) is 3. The Bertz CT molecular complexity index is 408. The summed E-state index contributed by atoms with van der Waals surface area (Å²) in [5.41, 5.74) is 0. The smallest absolute Gasteiger partial charge is 0.318 e. The highest BCUT2D eigenvalue weighted by Gasteiger charge is 2.24. The maximum Gasteiger partial charge on any atom is 0.318 e. The van der Waals surface area contributed by atoms with Crippen molar-refractivity contribution in [3.8, 4) is 6.01 Å². The van der Waals surface area contributed by atoms with E-state index in [1.54, 1.807) is 13.3 Å². The third kappa shape index (κ3) is 3.06. The first-order valence-corrected chi connectivity index (χ1v) is 7.36. The topological polar surface area (TPSA) is 38.2 Å². The summed E-state index contributed by atoms with van der Waals surface area (Å²) in [6.07, 6.45) is 3.89. The van der Waals surface area contributed by atoms with Gasteiger partial charge in [0.1, 0.15) is 5.02 Å². The Balaban J connectivity index is 2.09. The van der Waals surface area contributed by atoms with E-state index in [1.807, 2.05) is 0 Å². The highest BCUT2D eigenvalue weighted by atomic mass is 79.9. The van der Waals surface area contributed by atoms with Gasteiger partial charge in [0.25, 0.3) is 0 Å². The molecule has 100 valence electrons. The minimum absolute atomic E-state index is 0.366. The maximum atomic E-state index is 6.15. The predicted molar refractivity (Wildman–Crippen MR) is 76.9 cm³/mol. The fourth-order valence-corrected chi connectivity index (χ4v) is 2.97. The van der Waals surface area contributed by atoms with Gasteiger partial charge in [0.2, 0.25) is 0 Å². The Hall–Kier alpha value is -0.550. The van der Waals surface area contributed by atoms with Crippen LogP contribution in [0.2, 0.25) is 5.02 Å². The number of aromatic nitrogens is 2. The third-order valence-electron chi connectivity index (χ3n) is 3.37. The van der Waals surface area contributed by atoms with Crippen molar-refractivity contribution in [1.29, 1.82) is 0 Å². The zero-order valence-corrected chi connectivity index (χ0v) is 12.9. The summed E-state index contributed by atoms with van der Waals surface area (Å²) in [4.78, 5) is 11.1. The predicted octanol–water partition coefficient (Wildman–Crippen LogP) is 3.14. The summed E-state index contributed by atoms with van der Waals surface area (Å²) >= 11 is 9.81. The highest BCUT2D eigenvalue weighted by molar-refractivity contribution is 9.09. The molecule has 2 rings (SSSR count). The van der Waals surface area contributed by atoms with Crippen molar-refractivity contribution in [2.45, 2.75) is 24.6 Å². The van der Waals surface area contributed by atoms with E-state index in [1.165, 1.54) is 0 Å². The van der Waals surface area contributed by atoms with Gasteiger partial charge in [-0.15, -0.1) is 0 Å². The van der Waals surface area contributed by atoms with E-state index in [9.17, 15) is 0 Å². The molecule has 0 amide bonds. The molecular formula is C12H17BrClN3O. The second-order valence-electron chi connectivity index (χ2n) is 4.53. The normalized spacial score (nSPS) is 18.8. The molecule has 0 radical (unpaired) electrons. The zero-order valence-electron chi connectivity index (χ0n) is 10.6. The van der Waals surface area contributed by atoms with E-state index in [0.29, 0.717) is 15.9 Å². The average molecular weight is 335 g/mol. The van der Waals surface area contributed by atoms with Crippen molar-refractivity contribution in [3.05, 3.63) is 11.2 Å². The van der Waals surface area contributed by atoms with Crippen LogP contribution in [-0.4, -0.2) is 35.0 Å². The number of methoxy groups -OCH3 is 1. The van der Waals surface area contributed by atoms with Gasteiger partial charge < -0.3 is 9.64 Å². The van der Waals surface area contributed by atoms with Crippen LogP contribution < -0.4 is 9.64 Å². The van der Waals surface area contributed by atoms with E-state index < -0.39 is 0 Å². The van der Waals surface area contributed by atoms with E-state index >= 15 is 0 Å². The summed E-state index contributed by atoms with van der Waals surface area (Å²) in [7, 11) is 1.56. The van der Waals surface area contributed by atoms with Crippen molar-refractivity contribution >= 4 is 33.3 Å². The van der Waals surface area contributed by atoms with Gasteiger partial charge in [-0.2, -0.15) is 4.98 Å². The number of ether oxygens (including phenoxy) is 1. The molecule has 0 bridgehead atoms. The summed E-state index contributed by atoms with van der Waals surface area (Å²) in [6.45, 7) is 4.15. The first-order valence-electron chi connectivity index (χ1n) is 6.07. The van der Waals surface area contributed by atoms with E-state index in [0.717, 1.165) is 37.7 Å². The van der Waals surface area contributed by atoms with E-state index in [-0.39, 0.29) is 0 Å². The summed E-state index contributed by atoms with van der Waals surface area (Å²) in [6, 6.07) is 0.366. The lowest BCUT2D eigenvalue weighted by Gasteiger charge is -2.34. The molecule has 1 aromatic heterocycles. The Morgan fingerprint density at radius 1 is 1.50 bits per heavy atom. The molecule has 4 nitrogen and oxygen atoms in total. The van der Waals surface area contributed by atoms with Crippen LogP contribution in [0.25, 0.3) is 0 Å². The molecule has 0 spiro atoms. The lowest BCUT2D eigenvalue weighted by Crippen LogP contribution is -2.36. The van der Waals surface area contributed by atoms with Crippen LogP contribution in [0.3, 0.4) is 0 Å². The van der Waals surface area contributed by atoms with Crippen LogP contribution in [0.5, 0.6) is 6.01 Å². The number of hydrogen-bond donors (Lipinski definition) is 0. The van der Waals surface area contributed by atoms with Crippen LogP contribution >= 0.6 is 27.5 Å². The molecule has 1 atom stereocenters. The molecule has 0 N–H and O–H groups in total. The molecule has 0 aromatic carbocycles. The summed E-state index contributed by atoms with van der Waals surface area (Å²) < 4.78 is 5.04. The van der Waals surface area contributed by atoms with Gasteiger partial charge in [-0.05, 0) is 18.8 Å². The van der Waals surface area contributed by atoms with Crippen molar-refractivity contribution in [2.24, 2.45) is 5.92 Å². The number of anilines is 1. The monoisotopic (exact) mass is 333 g/mol. The van der Waals surface area contributed by atoms with Crippen LogP contribution in [0, 0.1) is 5.92 Å². The number of rotatable bonds is 3. The molecule has 1 fully saturated rings. The number of halogens is 2. The summed E-state index contributed by atoms with van der Waals surface area (Å²) in [5.74, 6) is 1.51. The van der Waals surface area contributed by atoms with Crippen LogP contribution in [0.1, 0.15) is 19.8 Å². The van der Waals surface area contributed by atoms with Crippen molar-refractivity contribution in [3.63, 3.8) is 0 Å². The minimum Gasteiger partial charge on any atom is -0.467 e. The van der Waals surface area contributed by atoms with Crippen molar-refractivity contribution in [1.82, 2.24) is 9.97 Å². The number of alkyl halides is 1. The Morgan fingerprint density at radius 2 is 2.17 bits per heavy atom. The first kappa shape index (κ1) is 13.9. The Morgan fingerprint density at radius 3 is 2.72 bits per heavy atom. The molecule has 1 unspecified atom stereocenters. The standard InChI is InChI=1S/C12H17BrClN3O/c1-8(13)9-3-5-17(6-4-9)11-10(14)7-15-12(16-11)18-2/h7-9H,3-6H2,1-2H3. The molecule has 1 aliphatic heterocycles. The molecular weight excluding hydrogens is 318 g/mol. The Labute approximate surface area is 121 Å². The molecule has 2 heterocycles. The minimum atomic E-state index is 0.366. The first-order chi connectivity index (χ1) is 8.61. The lowest BCUT2D eigenvalue weighted by atomic mass is 9.94. The van der Waals surface area contributed by atoms with Crippen LogP contribution in [0.4, 0.5) is 5.82 Å². The maximum absolute atomic E-state index is 6.15. The number of hydrogen-bond acceptors (Lipinski definition) is 4. The molecule has 1 saturated heterocycles. The largest absolute Gasteiger partial charge is 0.467 e. The highest BCUT2D eigenvalue weighted by Crippen LogP contribution is 2.31. The second kappa shape index (κ2) is 6.06. The van der Waals surface area contributed by atoms with Crippen molar-refractivity contribution < 1.29 is 4.74 Å². The molecule has 1 aromatic rings. The fourth-order valence-electron chi connectivity index (χ4n) is 2.23. The van der Waals surface area contributed by atoms with Gasteiger partial charge in [-0.1, -0.05) is 34.5 Å². The van der Waals surface area contributed by atoms with Gasteiger partial charge >= 0.3 is 6.01 Å². The summed E-state index contributed by atoms with van der Waals surface area (Å²) in [5, 5.41) is 0.584. The fraction of sp³-hybridized carbons (Fsp3) is 0.667. The molecule has 6 heteroatoms. The molecule has 18 heavy (non-hydrogen) atoms. The van der Waals surface area contributed by atoms with Gasteiger partial charge in [0, 0.05) is 17.9 Å². The Kier molecular flexibility index (Phi) is 4.67. The zero-order chi connectivity index (χ0) is 13.1. The molecule has 0 saturated carbocycles. The average Bonchev–Trinajstić information content (AvgIpc) is 2.39. The lowest BCUT2D eigenvalue weighted by molar-refractivity contribution is 0.376. The van der Waals surface area contributed by atoms with Gasteiger partial charge in [-0.25, -0.2) is 4.98 Å². The van der Waals surface area contributed by atoms with Gasteiger partial charge in [0.15, 0.2) is 5.82 Å². The van der Waals surface area contributed by atoms with Crippen LogP contribution in [0.15, 0.2) is 6.20 Å².